The molecule has 2 atom stereocenters. The van der Waals surface area contributed by atoms with Crippen LogP contribution >= 0.6 is 0 Å². The number of amides is 2. The topological polar surface area (TPSA) is 70.7 Å². The second-order valence-corrected chi connectivity index (χ2v) is 4.88. The number of ether oxygens (including phenoxy) is 1. The van der Waals surface area contributed by atoms with Gasteiger partial charge in [-0.25, -0.2) is 0 Å². The number of carbonyl (C=O) groups is 2. The Kier molecular flexibility index (Phi) is 6.41. The molecule has 0 radical (unpaired) electrons. The maximum atomic E-state index is 12.1. The van der Waals surface area contributed by atoms with Crippen LogP contribution in [0.2, 0.25) is 0 Å². The molecule has 21 heavy (non-hydrogen) atoms. The van der Waals surface area contributed by atoms with Gasteiger partial charge in [-0.2, -0.15) is 13.2 Å². The van der Waals surface area contributed by atoms with Crippen molar-refractivity contribution in [1.29, 1.82) is 0 Å². The molecule has 1 aliphatic rings. The van der Waals surface area contributed by atoms with Crippen LogP contribution in [0, 0.1) is 0 Å². The first-order valence-electron chi connectivity index (χ1n) is 6.68. The van der Waals surface area contributed by atoms with Gasteiger partial charge in [-0.15, -0.1) is 0 Å². The summed E-state index contributed by atoms with van der Waals surface area (Å²) >= 11 is 0. The summed E-state index contributed by atoms with van der Waals surface area (Å²) in [5.41, 5.74) is 0. The Labute approximate surface area is 121 Å². The zero-order valence-corrected chi connectivity index (χ0v) is 12.0. The highest BCUT2D eigenvalue weighted by atomic mass is 19.4. The summed E-state index contributed by atoms with van der Waals surface area (Å²) in [5.74, 6) is -0.997. The molecule has 2 unspecified atom stereocenters. The molecule has 0 saturated carbocycles. The molecule has 9 heteroatoms. The van der Waals surface area contributed by atoms with Gasteiger partial charge >= 0.3 is 6.18 Å². The molecular formula is C12H20F3N3O3. The third-order valence-corrected chi connectivity index (χ3v) is 3.05. The van der Waals surface area contributed by atoms with Crippen LogP contribution in [0.25, 0.3) is 0 Å². The van der Waals surface area contributed by atoms with Crippen LogP contribution in [0.3, 0.4) is 0 Å². The molecule has 0 aromatic carbocycles. The maximum Gasteiger partial charge on any atom is 0.405 e. The lowest BCUT2D eigenvalue weighted by molar-refractivity contribution is -0.141. The van der Waals surface area contributed by atoms with E-state index in [-0.39, 0.29) is 5.91 Å². The lowest BCUT2D eigenvalue weighted by Gasteiger charge is -2.30. The molecule has 1 saturated heterocycles. The Morgan fingerprint density at radius 1 is 1.19 bits per heavy atom. The van der Waals surface area contributed by atoms with Crippen molar-refractivity contribution in [1.82, 2.24) is 15.5 Å². The lowest BCUT2D eigenvalue weighted by Crippen LogP contribution is -2.54. The highest BCUT2D eigenvalue weighted by Crippen LogP contribution is 2.12. The number of nitrogens with one attached hydrogen (secondary N) is 2. The highest BCUT2D eigenvalue weighted by molar-refractivity contribution is 5.85. The first-order valence-corrected chi connectivity index (χ1v) is 6.68. The van der Waals surface area contributed by atoms with E-state index in [1.807, 2.05) is 0 Å². The SMILES string of the molecule is CC(NC(C)C(=O)N1CCOCC1)C(=O)NCC(F)(F)F. The number of halogens is 3. The van der Waals surface area contributed by atoms with Crippen molar-refractivity contribution >= 4 is 11.8 Å². The van der Waals surface area contributed by atoms with Gasteiger partial charge in [0, 0.05) is 13.1 Å². The van der Waals surface area contributed by atoms with E-state index in [1.54, 1.807) is 17.1 Å². The van der Waals surface area contributed by atoms with Gasteiger partial charge in [0.1, 0.15) is 6.54 Å². The Morgan fingerprint density at radius 3 is 2.29 bits per heavy atom. The summed E-state index contributed by atoms with van der Waals surface area (Å²) in [7, 11) is 0. The number of hydrogen-bond donors (Lipinski definition) is 2. The van der Waals surface area contributed by atoms with E-state index in [0.717, 1.165) is 0 Å². The molecule has 0 aliphatic carbocycles. The number of hydrogen-bond acceptors (Lipinski definition) is 4. The van der Waals surface area contributed by atoms with Crippen LogP contribution in [0.15, 0.2) is 0 Å². The van der Waals surface area contributed by atoms with Crippen LogP contribution in [0.1, 0.15) is 13.8 Å². The molecule has 0 spiro atoms. The predicted octanol–water partition coefficient (Wildman–Crippen LogP) is -0.110. The fraction of sp³-hybridized carbons (Fsp3) is 0.833. The number of rotatable bonds is 5. The summed E-state index contributed by atoms with van der Waals surface area (Å²) in [5, 5.41) is 4.48. The zero-order valence-electron chi connectivity index (χ0n) is 12.0. The number of alkyl halides is 3. The maximum absolute atomic E-state index is 12.1. The third-order valence-electron chi connectivity index (χ3n) is 3.05. The van der Waals surface area contributed by atoms with Gasteiger partial charge in [-0.3, -0.25) is 14.9 Å². The first kappa shape index (κ1) is 17.7. The quantitative estimate of drug-likeness (QED) is 0.743. The largest absolute Gasteiger partial charge is 0.405 e. The molecule has 1 rings (SSSR count). The van der Waals surface area contributed by atoms with Crippen molar-refractivity contribution in [3.63, 3.8) is 0 Å². The van der Waals surface area contributed by atoms with Crippen LogP contribution in [-0.4, -0.2) is 67.8 Å². The lowest BCUT2D eigenvalue weighted by atomic mass is 10.2. The van der Waals surface area contributed by atoms with E-state index in [4.69, 9.17) is 4.74 Å². The second kappa shape index (κ2) is 7.60. The molecular weight excluding hydrogens is 291 g/mol. The molecule has 1 fully saturated rings. The minimum Gasteiger partial charge on any atom is -0.378 e. The van der Waals surface area contributed by atoms with Crippen LogP contribution < -0.4 is 10.6 Å². The number of nitrogens with zero attached hydrogens (tertiary/aromatic N) is 1. The standard InChI is InChI=1S/C12H20F3N3O3/c1-8(10(19)16-7-12(13,14)15)17-9(2)11(20)18-3-5-21-6-4-18/h8-9,17H,3-7H2,1-2H3,(H,16,19). The summed E-state index contributed by atoms with van der Waals surface area (Å²) in [6, 6.07) is -1.55. The second-order valence-electron chi connectivity index (χ2n) is 4.88. The summed E-state index contributed by atoms with van der Waals surface area (Å²) in [4.78, 5) is 25.2. The average Bonchev–Trinajstić information content (AvgIpc) is 2.43. The molecule has 0 bridgehead atoms. The number of morpholine rings is 1. The van der Waals surface area contributed by atoms with Gasteiger partial charge < -0.3 is 15.0 Å². The Bertz CT molecular complexity index is 370. The van der Waals surface area contributed by atoms with Gasteiger partial charge in [0.15, 0.2) is 0 Å². The summed E-state index contributed by atoms with van der Waals surface area (Å²) < 4.78 is 41.1. The average molecular weight is 311 g/mol. The zero-order chi connectivity index (χ0) is 16.0. The van der Waals surface area contributed by atoms with E-state index in [1.165, 1.54) is 6.92 Å². The molecule has 122 valence electrons. The monoisotopic (exact) mass is 311 g/mol. The normalized spacial score (nSPS) is 19.0. The molecule has 1 heterocycles. The molecule has 0 aromatic heterocycles. The van der Waals surface area contributed by atoms with Crippen LogP contribution in [0.4, 0.5) is 13.2 Å². The minimum absolute atomic E-state index is 0.200. The van der Waals surface area contributed by atoms with E-state index in [9.17, 15) is 22.8 Å². The molecule has 2 N–H and O–H groups in total. The molecule has 1 aliphatic heterocycles. The van der Waals surface area contributed by atoms with Crippen molar-refractivity contribution in [2.24, 2.45) is 0 Å². The van der Waals surface area contributed by atoms with Gasteiger partial charge in [0.05, 0.1) is 25.3 Å². The van der Waals surface area contributed by atoms with Crippen molar-refractivity contribution < 1.29 is 27.5 Å². The van der Waals surface area contributed by atoms with Crippen molar-refractivity contribution in [2.75, 3.05) is 32.8 Å². The minimum atomic E-state index is -4.45. The fourth-order valence-electron chi connectivity index (χ4n) is 1.92. The van der Waals surface area contributed by atoms with Crippen LogP contribution in [-0.2, 0) is 14.3 Å². The number of carbonyl (C=O) groups excluding carboxylic acids is 2. The first-order chi connectivity index (χ1) is 9.70. The van der Waals surface area contributed by atoms with Crippen molar-refractivity contribution in [2.45, 2.75) is 32.1 Å². The highest BCUT2D eigenvalue weighted by Gasteiger charge is 2.30. The molecule has 2 amide bonds. The van der Waals surface area contributed by atoms with Crippen molar-refractivity contribution in [3.8, 4) is 0 Å². The van der Waals surface area contributed by atoms with E-state index in [2.05, 4.69) is 5.32 Å². The smallest absolute Gasteiger partial charge is 0.378 e. The Morgan fingerprint density at radius 2 is 1.76 bits per heavy atom. The Balaban J connectivity index is 2.39. The summed E-state index contributed by atoms with van der Waals surface area (Å²) in [6.45, 7) is 3.46. The van der Waals surface area contributed by atoms with Gasteiger partial charge in [-0.1, -0.05) is 0 Å². The fourth-order valence-corrected chi connectivity index (χ4v) is 1.92. The van der Waals surface area contributed by atoms with E-state index in [0.29, 0.717) is 26.3 Å². The van der Waals surface area contributed by atoms with Crippen LogP contribution in [0.5, 0.6) is 0 Å². The summed E-state index contributed by atoms with van der Waals surface area (Å²) in [6.07, 6.45) is -4.45. The van der Waals surface area contributed by atoms with Gasteiger partial charge in [0.25, 0.3) is 0 Å². The van der Waals surface area contributed by atoms with Gasteiger partial charge in [0.2, 0.25) is 11.8 Å². The van der Waals surface area contributed by atoms with Gasteiger partial charge in [-0.05, 0) is 13.8 Å². The predicted molar refractivity (Wildman–Crippen MR) is 68.5 cm³/mol. The third kappa shape index (κ3) is 6.30. The van der Waals surface area contributed by atoms with Crippen molar-refractivity contribution in [3.05, 3.63) is 0 Å². The Hall–Kier alpha value is -1.35. The van der Waals surface area contributed by atoms with E-state index < -0.39 is 30.7 Å². The van der Waals surface area contributed by atoms with E-state index >= 15 is 0 Å². The molecule has 0 aromatic rings. The molecule has 6 nitrogen and oxygen atoms in total.